The highest BCUT2D eigenvalue weighted by Crippen LogP contribution is 2.24. The molecular weight excluding hydrogens is 480 g/mol. The number of hydrogen-bond donors (Lipinski definition) is 0. The molecule has 3 aliphatic rings. The average molecular weight is 537 g/mol. The third-order valence-electron chi connectivity index (χ3n) is 7.95. The SMILES string of the molecule is CCCCCCCCCCCCN(CCCCCCCCCCCC)C1=NC2=CC=CC3=NC(C)=NC(=N1)N23. The maximum absolute atomic E-state index is 4.98. The number of amidine groups is 2. The number of rotatable bonds is 22. The van der Waals surface area contributed by atoms with Crippen molar-refractivity contribution in [2.24, 2.45) is 20.0 Å². The molecule has 0 aromatic heterocycles. The Morgan fingerprint density at radius 1 is 0.590 bits per heavy atom. The van der Waals surface area contributed by atoms with E-state index in [9.17, 15) is 0 Å². The Kier molecular flexibility index (Phi) is 15.2. The zero-order valence-corrected chi connectivity index (χ0v) is 25.5. The number of unbranched alkanes of at least 4 members (excludes halogenated alkanes) is 18. The minimum Gasteiger partial charge on any atom is -0.341 e. The van der Waals surface area contributed by atoms with Crippen LogP contribution in [0.3, 0.4) is 0 Å². The average Bonchev–Trinajstić information content (AvgIpc) is 2.93. The summed E-state index contributed by atoms with van der Waals surface area (Å²) in [7, 11) is 0. The molecule has 39 heavy (non-hydrogen) atoms. The van der Waals surface area contributed by atoms with Crippen molar-refractivity contribution in [3.63, 3.8) is 0 Å². The predicted molar refractivity (Wildman–Crippen MR) is 170 cm³/mol. The van der Waals surface area contributed by atoms with Gasteiger partial charge in [0, 0.05) is 13.1 Å². The zero-order chi connectivity index (χ0) is 27.5. The summed E-state index contributed by atoms with van der Waals surface area (Å²) in [6, 6.07) is 0. The van der Waals surface area contributed by atoms with E-state index in [0.717, 1.165) is 36.5 Å². The highest BCUT2D eigenvalue weighted by atomic mass is 15.5. The molecule has 0 aliphatic carbocycles. The fourth-order valence-corrected chi connectivity index (χ4v) is 5.58. The summed E-state index contributed by atoms with van der Waals surface area (Å²) in [4.78, 5) is 23.5. The first kappa shape index (κ1) is 31.3. The Morgan fingerprint density at radius 3 is 1.59 bits per heavy atom. The van der Waals surface area contributed by atoms with Crippen LogP contribution in [-0.4, -0.2) is 46.5 Å². The molecule has 6 heteroatoms. The van der Waals surface area contributed by atoms with Crippen molar-refractivity contribution in [2.75, 3.05) is 13.1 Å². The van der Waals surface area contributed by atoms with Gasteiger partial charge in [-0.3, -0.25) is 0 Å². The van der Waals surface area contributed by atoms with E-state index >= 15 is 0 Å². The number of hydrogen-bond acceptors (Lipinski definition) is 6. The van der Waals surface area contributed by atoms with Gasteiger partial charge in [-0.05, 0) is 31.9 Å². The van der Waals surface area contributed by atoms with Gasteiger partial charge in [-0.2, -0.15) is 15.0 Å². The van der Waals surface area contributed by atoms with Gasteiger partial charge in [0.25, 0.3) is 0 Å². The van der Waals surface area contributed by atoms with Crippen LogP contribution in [0, 0.1) is 0 Å². The lowest BCUT2D eigenvalue weighted by molar-refractivity contribution is 0.377. The second kappa shape index (κ2) is 18.9. The lowest BCUT2D eigenvalue weighted by Crippen LogP contribution is -2.44. The van der Waals surface area contributed by atoms with Gasteiger partial charge in [-0.15, -0.1) is 0 Å². The summed E-state index contributed by atoms with van der Waals surface area (Å²) >= 11 is 0. The Labute approximate surface area is 239 Å². The summed E-state index contributed by atoms with van der Waals surface area (Å²) in [6.45, 7) is 8.57. The lowest BCUT2D eigenvalue weighted by atomic mass is 10.1. The quantitative estimate of drug-likeness (QED) is 0.129. The summed E-state index contributed by atoms with van der Waals surface area (Å²) < 4.78 is 0. The molecule has 3 aliphatic heterocycles. The second-order valence-corrected chi connectivity index (χ2v) is 11.5. The van der Waals surface area contributed by atoms with Crippen LogP contribution in [0.4, 0.5) is 0 Å². The number of aliphatic imine (C=N–C) groups is 4. The van der Waals surface area contributed by atoms with Crippen LogP contribution >= 0.6 is 0 Å². The van der Waals surface area contributed by atoms with Crippen molar-refractivity contribution >= 4 is 23.6 Å². The van der Waals surface area contributed by atoms with Gasteiger partial charge in [0.15, 0.2) is 0 Å². The number of guanidine groups is 2. The van der Waals surface area contributed by atoms with Crippen molar-refractivity contribution in [3.05, 3.63) is 24.0 Å². The first-order chi connectivity index (χ1) is 19.2. The molecule has 0 atom stereocenters. The molecule has 6 nitrogen and oxygen atoms in total. The number of allylic oxidation sites excluding steroid dienone is 2. The van der Waals surface area contributed by atoms with Gasteiger partial charge in [-0.25, -0.2) is 9.89 Å². The highest BCUT2D eigenvalue weighted by molar-refractivity contribution is 6.20. The van der Waals surface area contributed by atoms with Gasteiger partial charge >= 0.3 is 0 Å². The monoisotopic (exact) mass is 536 g/mol. The summed E-state index contributed by atoms with van der Waals surface area (Å²) in [5.41, 5.74) is 0. The maximum atomic E-state index is 4.98. The molecule has 0 N–H and O–H groups in total. The largest absolute Gasteiger partial charge is 0.341 e. The van der Waals surface area contributed by atoms with Crippen molar-refractivity contribution in [1.82, 2.24) is 9.80 Å². The summed E-state index contributed by atoms with van der Waals surface area (Å²) in [5.74, 6) is 4.02. The van der Waals surface area contributed by atoms with Gasteiger partial charge in [0.05, 0.1) is 0 Å². The second-order valence-electron chi connectivity index (χ2n) is 11.5. The van der Waals surface area contributed by atoms with E-state index in [4.69, 9.17) is 9.98 Å². The minimum absolute atomic E-state index is 0.703. The zero-order valence-electron chi connectivity index (χ0n) is 25.5. The van der Waals surface area contributed by atoms with Crippen LogP contribution in [0.1, 0.15) is 149 Å². The molecule has 0 saturated heterocycles. The van der Waals surface area contributed by atoms with Crippen LogP contribution in [-0.2, 0) is 0 Å². The molecule has 0 aromatic rings. The van der Waals surface area contributed by atoms with E-state index in [-0.39, 0.29) is 0 Å². The van der Waals surface area contributed by atoms with Crippen LogP contribution < -0.4 is 0 Å². The van der Waals surface area contributed by atoms with Crippen molar-refractivity contribution in [2.45, 2.75) is 149 Å². The maximum Gasteiger partial charge on any atom is 0.242 e. The Bertz CT molecular complexity index is 870. The molecule has 3 heterocycles. The van der Waals surface area contributed by atoms with E-state index in [1.165, 1.54) is 128 Å². The van der Waals surface area contributed by atoms with E-state index in [0.29, 0.717) is 5.96 Å². The van der Waals surface area contributed by atoms with Crippen molar-refractivity contribution in [1.29, 1.82) is 0 Å². The van der Waals surface area contributed by atoms with E-state index in [1.807, 2.05) is 30.1 Å². The van der Waals surface area contributed by atoms with E-state index in [2.05, 4.69) is 28.7 Å². The molecule has 0 spiro atoms. The van der Waals surface area contributed by atoms with Gasteiger partial charge in [0.2, 0.25) is 11.9 Å². The standard InChI is InChI=1S/C33H56N6/c1-4-6-8-10-12-14-16-18-20-22-27-38(28-23-21-19-17-15-13-11-9-7-5-2)32-36-31-26-24-25-30-34-29(3)35-33(37-32)39(30)31/h24-26H,4-23,27-28H2,1-3H3. The summed E-state index contributed by atoms with van der Waals surface area (Å²) in [6.07, 6.45) is 33.2. The van der Waals surface area contributed by atoms with Crippen LogP contribution in [0.15, 0.2) is 44.0 Å². The third kappa shape index (κ3) is 11.4. The van der Waals surface area contributed by atoms with Crippen LogP contribution in [0.5, 0.6) is 0 Å². The first-order valence-electron chi connectivity index (χ1n) is 16.5. The minimum atomic E-state index is 0.703. The molecular formula is C33H56N6. The Morgan fingerprint density at radius 2 is 1.08 bits per heavy atom. The van der Waals surface area contributed by atoms with Crippen LogP contribution in [0.25, 0.3) is 0 Å². The highest BCUT2D eigenvalue weighted by Gasteiger charge is 2.30. The summed E-state index contributed by atoms with van der Waals surface area (Å²) in [5, 5.41) is 0. The fraction of sp³-hybridized carbons (Fsp3) is 0.758. The topological polar surface area (TPSA) is 55.9 Å². The van der Waals surface area contributed by atoms with Crippen molar-refractivity contribution in [3.8, 4) is 0 Å². The Hall–Kier alpha value is -2.24. The van der Waals surface area contributed by atoms with Gasteiger partial charge < -0.3 is 4.90 Å². The first-order valence-corrected chi connectivity index (χ1v) is 16.5. The smallest absolute Gasteiger partial charge is 0.242 e. The van der Waals surface area contributed by atoms with Crippen LogP contribution in [0.2, 0.25) is 0 Å². The molecule has 0 unspecified atom stereocenters. The van der Waals surface area contributed by atoms with Crippen molar-refractivity contribution < 1.29 is 0 Å². The number of nitrogens with zero attached hydrogens (tertiary/aromatic N) is 6. The molecule has 218 valence electrons. The Balaban J connectivity index is 1.46. The molecule has 0 bridgehead atoms. The van der Waals surface area contributed by atoms with E-state index < -0.39 is 0 Å². The van der Waals surface area contributed by atoms with Gasteiger partial charge in [0.1, 0.15) is 17.5 Å². The molecule has 0 fully saturated rings. The third-order valence-corrected chi connectivity index (χ3v) is 7.95. The fourth-order valence-electron chi connectivity index (χ4n) is 5.58. The normalized spacial score (nSPS) is 15.9. The van der Waals surface area contributed by atoms with Gasteiger partial charge in [-0.1, -0.05) is 135 Å². The molecule has 0 aromatic carbocycles. The molecule has 0 radical (unpaired) electrons. The van der Waals surface area contributed by atoms with E-state index in [1.54, 1.807) is 0 Å². The lowest BCUT2D eigenvalue weighted by Gasteiger charge is -2.33. The molecule has 3 rings (SSSR count). The molecule has 0 saturated carbocycles. The predicted octanol–water partition coefficient (Wildman–Crippen LogP) is 9.40. The molecule has 0 amide bonds.